The van der Waals surface area contributed by atoms with Crippen molar-refractivity contribution in [3.05, 3.63) is 16.1 Å². The Morgan fingerprint density at radius 1 is 1.40 bits per heavy atom. The monoisotopic (exact) mass is 296 g/mol. The molecule has 1 aliphatic rings. The van der Waals surface area contributed by atoms with Crippen molar-refractivity contribution in [1.82, 2.24) is 10.3 Å². The van der Waals surface area contributed by atoms with Crippen LogP contribution in [0.3, 0.4) is 0 Å². The maximum atomic E-state index is 12.1. The number of aliphatic carboxylic acids is 1. The fourth-order valence-corrected chi connectivity index (χ4v) is 3.21. The molecule has 2 atom stereocenters. The van der Waals surface area contributed by atoms with Gasteiger partial charge in [-0.1, -0.05) is 20.8 Å². The molecule has 1 heterocycles. The van der Waals surface area contributed by atoms with Crippen molar-refractivity contribution in [1.29, 1.82) is 0 Å². The van der Waals surface area contributed by atoms with Gasteiger partial charge in [0.1, 0.15) is 5.69 Å². The van der Waals surface area contributed by atoms with Crippen molar-refractivity contribution in [3.8, 4) is 0 Å². The first kappa shape index (κ1) is 15.0. The van der Waals surface area contributed by atoms with Crippen LogP contribution in [-0.2, 0) is 10.2 Å². The summed E-state index contributed by atoms with van der Waals surface area (Å²) in [6.45, 7) is 6.17. The molecule has 6 heteroatoms. The number of thiazole rings is 1. The van der Waals surface area contributed by atoms with Crippen LogP contribution in [0.2, 0.25) is 0 Å². The van der Waals surface area contributed by atoms with Crippen molar-refractivity contribution in [2.24, 2.45) is 5.92 Å². The maximum absolute atomic E-state index is 12.1. The quantitative estimate of drug-likeness (QED) is 0.897. The van der Waals surface area contributed by atoms with Gasteiger partial charge in [-0.3, -0.25) is 9.59 Å². The number of carbonyl (C=O) groups excluding carboxylic acids is 1. The second-order valence-electron chi connectivity index (χ2n) is 6.31. The maximum Gasteiger partial charge on any atom is 0.306 e. The van der Waals surface area contributed by atoms with Crippen molar-refractivity contribution in [3.63, 3.8) is 0 Å². The molecule has 0 aromatic carbocycles. The first-order valence-electron chi connectivity index (χ1n) is 6.77. The first-order valence-corrected chi connectivity index (χ1v) is 7.65. The average Bonchev–Trinajstić information content (AvgIpc) is 2.95. The van der Waals surface area contributed by atoms with E-state index in [-0.39, 0.29) is 23.3 Å². The number of carboxylic acid groups (broad SMARTS) is 1. The van der Waals surface area contributed by atoms with Gasteiger partial charge in [-0.05, 0) is 19.3 Å². The zero-order chi connectivity index (χ0) is 14.9. The third kappa shape index (κ3) is 3.36. The largest absolute Gasteiger partial charge is 0.481 e. The topological polar surface area (TPSA) is 79.3 Å². The molecule has 5 nitrogen and oxygen atoms in total. The Kier molecular flexibility index (Phi) is 4.13. The summed E-state index contributed by atoms with van der Waals surface area (Å²) in [5.74, 6) is -1.31. The predicted molar refractivity (Wildman–Crippen MR) is 77.0 cm³/mol. The van der Waals surface area contributed by atoms with Crippen LogP contribution in [0, 0.1) is 5.92 Å². The van der Waals surface area contributed by atoms with E-state index in [1.54, 1.807) is 5.38 Å². The Labute approximate surface area is 122 Å². The highest BCUT2D eigenvalue weighted by Gasteiger charge is 2.31. The van der Waals surface area contributed by atoms with E-state index in [2.05, 4.69) is 31.1 Å². The van der Waals surface area contributed by atoms with Crippen LogP contribution in [0.25, 0.3) is 0 Å². The molecular weight excluding hydrogens is 276 g/mol. The molecule has 0 spiro atoms. The summed E-state index contributed by atoms with van der Waals surface area (Å²) in [5, 5.41) is 14.5. The lowest BCUT2D eigenvalue weighted by molar-refractivity contribution is -0.141. The second-order valence-corrected chi connectivity index (χ2v) is 7.16. The zero-order valence-electron chi connectivity index (χ0n) is 12.0. The van der Waals surface area contributed by atoms with E-state index >= 15 is 0 Å². The van der Waals surface area contributed by atoms with Crippen LogP contribution in [0.4, 0.5) is 0 Å². The number of hydrogen-bond donors (Lipinski definition) is 2. The fraction of sp³-hybridized carbons (Fsp3) is 0.643. The van der Waals surface area contributed by atoms with Crippen molar-refractivity contribution in [2.45, 2.75) is 51.5 Å². The van der Waals surface area contributed by atoms with Gasteiger partial charge in [0, 0.05) is 16.8 Å². The summed E-state index contributed by atoms with van der Waals surface area (Å²) in [4.78, 5) is 27.4. The number of amides is 1. The smallest absolute Gasteiger partial charge is 0.306 e. The minimum Gasteiger partial charge on any atom is -0.481 e. The molecule has 1 saturated carbocycles. The first-order chi connectivity index (χ1) is 9.27. The molecule has 2 rings (SSSR count). The third-order valence-corrected chi connectivity index (χ3v) is 4.76. The van der Waals surface area contributed by atoms with E-state index in [1.807, 2.05) is 0 Å². The number of rotatable bonds is 3. The van der Waals surface area contributed by atoms with Gasteiger partial charge in [-0.2, -0.15) is 0 Å². The number of aromatic nitrogens is 1. The Bertz CT molecular complexity index is 519. The van der Waals surface area contributed by atoms with Crippen LogP contribution < -0.4 is 5.32 Å². The summed E-state index contributed by atoms with van der Waals surface area (Å²) >= 11 is 1.48. The van der Waals surface area contributed by atoms with E-state index in [0.29, 0.717) is 18.5 Å². The minimum absolute atomic E-state index is 0.0524. The van der Waals surface area contributed by atoms with Gasteiger partial charge in [0.15, 0.2) is 0 Å². The average molecular weight is 296 g/mol. The van der Waals surface area contributed by atoms with Gasteiger partial charge >= 0.3 is 5.97 Å². The SMILES string of the molecule is CC(C)(C)c1nc(C(=O)N[C@H]2CC[C@@H](C(=O)O)C2)cs1. The van der Waals surface area contributed by atoms with Gasteiger partial charge in [0.2, 0.25) is 0 Å². The molecule has 0 unspecified atom stereocenters. The number of hydrogen-bond acceptors (Lipinski definition) is 4. The minimum atomic E-state index is -0.773. The molecule has 1 aliphatic carbocycles. The standard InChI is InChI=1S/C14H20N2O3S/c1-14(2,3)13-16-10(7-20-13)11(17)15-9-5-4-8(6-9)12(18)19/h7-9H,4-6H2,1-3H3,(H,15,17)(H,18,19)/t8-,9+/m1/s1. The Morgan fingerprint density at radius 3 is 2.60 bits per heavy atom. The Morgan fingerprint density at radius 2 is 2.10 bits per heavy atom. The number of carboxylic acids is 1. The highest BCUT2D eigenvalue weighted by molar-refractivity contribution is 7.10. The molecule has 0 aliphatic heterocycles. The van der Waals surface area contributed by atoms with Crippen molar-refractivity contribution >= 4 is 23.2 Å². The van der Waals surface area contributed by atoms with Crippen LogP contribution in [0.15, 0.2) is 5.38 Å². The van der Waals surface area contributed by atoms with Gasteiger partial charge in [0.25, 0.3) is 5.91 Å². The van der Waals surface area contributed by atoms with E-state index in [9.17, 15) is 9.59 Å². The Balaban J connectivity index is 1.96. The molecule has 2 N–H and O–H groups in total. The third-order valence-electron chi connectivity index (χ3n) is 3.50. The molecule has 0 bridgehead atoms. The highest BCUT2D eigenvalue weighted by Crippen LogP contribution is 2.27. The summed E-state index contributed by atoms with van der Waals surface area (Å²) in [5.41, 5.74) is 0.365. The lowest BCUT2D eigenvalue weighted by atomic mass is 9.98. The molecule has 1 fully saturated rings. The predicted octanol–water partition coefficient (Wildman–Crippen LogP) is 2.42. The van der Waals surface area contributed by atoms with E-state index < -0.39 is 5.97 Å². The number of carbonyl (C=O) groups is 2. The van der Waals surface area contributed by atoms with Gasteiger partial charge < -0.3 is 10.4 Å². The van der Waals surface area contributed by atoms with E-state index in [4.69, 9.17) is 5.11 Å². The lowest BCUT2D eigenvalue weighted by Crippen LogP contribution is -2.33. The van der Waals surface area contributed by atoms with Crippen LogP contribution >= 0.6 is 11.3 Å². The Hall–Kier alpha value is -1.43. The van der Waals surface area contributed by atoms with Crippen molar-refractivity contribution < 1.29 is 14.7 Å². The molecule has 1 amide bonds. The van der Waals surface area contributed by atoms with Crippen molar-refractivity contribution in [2.75, 3.05) is 0 Å². The lowest BCUT2D eigenvalue weighted by Gasteiger charge is -2.14. The number of nitrogens with zero attached hydrogens (tertiary/aromatic N) is 1. The molecule has 110 valence electrons. The summed E-state index contributed by atoms with van der Waals surface area (Å²) in [6.07, 6.45) is 1.86. The second kappa shape index (κ2) is 5.52. The molecule has 1 aromatic heterocycles. The van der Waals surface area contributed by atoms with Crippen LogP contribution in [0.1, 0.15) is 55.5 Å². The molecule has 20 heavy (non-hydrogen) atoms. The van der Waals surface area contributed by atoms with Gasteiger partial charge in [-0.25, -0.2) is 4.98 Å². The van der Waals surface area contributed by atoms with E-state index in [1.165, 1.54) is 11.3 Å². The number of nitrogens with one attached hydrogen (secondary N) is 1. The van der Waals surface area contributed by atoms with Gasteiger partial charge in [-0.15, -0.1) is 11.3 Å². The highest BCUT2D eigenvalue weighted by atomic mass is 32.1. The molecule has 0 radical (unpaired) electrons. The molecule has 0 saturated heterocycles. The summed E-state index contributed by atoms with van der Waals surface area (Å²) in [7, 11) is 0. The summed E-state index contributed by atoms with van der Waals surface area (Å²) in [6, 6.07) is -0.0524. The normalized spacial score (nSPS) is 22.8. The van der Waals surface area contributed by atoms with Crippen LogP contribution in [0.5, 0.6) is 0 Å². The molecular formula is C14H20N2O3S. The van der Waals surface area contributed by atoms with Gasteiger partial charge in [0.05, 0.1) is 10.9 Å². The van der Waals surface area contributed by atoms with E-state index in [0.717, 1.165) is 11.4 Å². The zero-order valence-corrected chi connectivity index (χ0v) is 12.8. The van der Waals surface area contributed by atoms with Crippen LogP contribution in [-0.4, -0.2) is 28.0 Å². The summed E-state index contributed by atoms with van der Waals surface area (Å²) < 4.78 is 0. The fourth-order valence-electron chi connectivity index (χ4n) is 2.32. The molecule has 1 aromatic rings.